The summed E-state index contributed by atoms with van der Waals surface area (Å²) in [5.74, 6) is -1.50. The van der Waals surface area contributed by atoms with E-state index in [1.807, 2.05) is 11.9 Å². The fraction of sp³-hybridized carbons (Fsp3) is 0.333. The van der Waals surface area contributed by atoms with E-state index in [9.17, 15) is 32.9 Å². The van der Waals surface area contributed by atoms with Crippen molar-refractivity contribution in [3.05, 3.63) is 84.2 Å². The summed E-state index contributed by atoms with van der Waals surface area (Å²) >= 11 is 13.0. The Hall–Kier alpha value is -3.37. The Morgan fingerprint density at radius 3 is 1.97 bits per heavy atom. The van der Waals surface area contributed by atoms with E-state index in [1.165, 1.54) is 12.1 Å². The van der Waals surface area contributed by atoms with Gasteiger partial charge in [-0.25, -0.2) is 0 Å². The molecule has 0 saturated carbocycles. The van der Waals surface area contributed by atoms with E-state index in [0.717, 1.165) is 17.5 Å². The molecule has 1 aliphatic heterocycles. The molecule has 39 heavy (non-hydrogen) atoms. The van der Waals surface area contributed by atoms with E-state index in [-0.39, 0.29) is 27.4 Å². The summed E-state index contributed by atoms with van der Waals surface area (Å²) in [6, 6.07) is 4.81. The number of carbonyl (C=O) groups excluding carboxylic acids is 2. The molecule has 0 spiro atoms. The Labute approximate surface area is 231 Å². The number of nitrogens with zero attached hydrogens (tertiary/aromatic N) is 2. The number of nitro groups is 1. The lowest BCUT2D eigenvalue weighted by Crippen LogP contribution is -2.37. The van der Waals surface area contributed by atoms with E-state index >= 15 is 0 Å². The number of hydrogen-bond acceptors (Lipinski definition) is 6. The van der Waals surface area contributed by atoms with Gasteiger partial charge in [0.05, 0.1) is 20.5 Å². The van der Waals surface area contributed by atoms with Gasteiger partial charge in [-0.2, -0.15) is 13.2 Å². The number of Topliss-reactive ketones (excluding diaryl/α,β-unsaturated/α-hetero) is 2. The van der Waals surface area contributed by atoms with Gasteiger partial charge in [-0.15, -0.1) is 0 Å². The second kappa shape index (κ2) is 9.98. The monoisotopic (exact) mass is 580 g/mol. The van der Waals surface area contributed by atoms with Crippen molar-refractivity contribution >= 4 is 40.5 Å². The number of halogens is 5. The Morgan fingerprint density at radius 1 is 0.949 bits per heavy atom. The number of allylic oxidation sites excluding steroid dienone is 4. The summed E-state index contributed by atoms with van der Waals surface area (Å²) < 4.78 is 44.8. The highest BCUT2D eigenvalue weighted by Crippen LogP contribution is 2.51. The first-order valence-corrected chi connectivity index (χ1v) is 12.9. The van der Waals surface area contributed by atoms with Crippen LogP contribution in [-0.2, 0) is 15.8 Å². The average Bonchev–Trinajstić information content (AvgIpc) is 2.86. The van der Waals surface area contributed by atoms with Crippen molar-refractivity contribution in [3.8, 4) is 11.5 Å². The Bertz CT molecular complexity index is 1430. The molecule has 12 heteroatoms. The fourth-order valence-corrected chi connectivity index (χ4v) is 6.14. The van der Waals surface area contributed by atoms with Gasteiger partial charge in [-0.1, -0.05) is 23.2 Å². The Kier molecular flexibility index (Phi) is 6.97. The zero-order chi connectivity index (χ0) is 28.2. The molecule has 2 aromatic carbocycles. The van der Waals surface area contributed by atoms with Crippen LogP contribution in [0.15, 0.2) is 52.9 Å². The van der Waals surface area contributed by atoms with Gasteiger partial charge in [0, 0.05) is 54.4 Å². The van der Waals surface area contributed by atoms with E-state index < -0.39 is 34.0 Å². The van der Waals surface area contributed by atoms with Crippen LogP contribution in [0.5, 0.6) is 11.5 Å². The van der Waals surface area contributed by atoms with E-state index in [1.54, 1.807) is 0 Å². The van der Waals surface area contributed by atoms with Crippen LogP contribution in [0.25, 0.3) is 0 Å². The molecule has 7 nitrogen and oxygen atoms in total. The standard InChI is InChI=1S/C27H21Cl2F3N2O5/c1-33-17-4-2-6-20(35)24(17)23(25-18(33)5-3-7-21(25)36)13-10-15(28)26(16(29)11-13)39-22-9-8-14(27(30,31)32)12-19(22)34(37)38/h8-12,23H,2-7H2,1H3. The normalized spacial score (nSPS) is 18.4. The van der Waals surface area contributed by atoms with Gasteiger partial charge in [0.1, 0.15) is 0 Å². The predicted octanol–water partition coefficient (Wildman–Crippen LogP) is 7.76. The number of benzene rings is 2. The Balaban J connectivity index is 1.60. The van der Waals surface area contributed by atoms with Gasteiger partial charge >= 0.3 is 11.9 Å². The third kappa shape index (κ3) is 4.80. The SMILES string of the molecule is CN1C2=C(C(=O)CCC2)C(c2cc(Cl)c(Oc3ccc(C(F)(F)F)cc3[N+](=O)[O-])c(Cl)c2)C2=C1CCCC2=O. The van der Waals surface area contributed by atoms with Gasteiger partial charge in [0.15, 0.2) is 17.3 Å². The molecule has 0 aromatic heterocycles. The molecular weight excluding hydrogens is 560 g/mol. The van der Waals surface area contributed by atoms with Crippen molar-refractivity contribution in [2.75, 3.05) is 7.05 Å². The number of ketones is 2. The van der Waals surface area contributed by atoms with Gasteiger partial charge in [-0.3, -0.25) is 19.7 Å². The van der Waals surface area contributed by atoms with Crippen LogP contribution in [0, 0.1) is 10.1 Å². The summed E-state index contributed by atoms with van der Waals surface area (Å²) in [6.45, 7) is 0. The summed E-state index contributed by atoms with van der Waals surface area (Å²) in [5, 5.41) is 11.3. The number of ether oxygens (including phenoxy) is 1. The molecule has 0 amide bonds. The highest BCUT2D eigenvalue weighted by molar-refractivity contribution is 6.37. The van der Waals surface area contributed by atoms with Crippen LogP contribution in [0.3, 0.4) is 0 Å². The summed E-state index contributed by atoms with van der Waals surface area (Å²) in [5.41, 5.74) is 1.13. The van der Waals surface area contributed by atoms with Crippen LogP contribution in [-0.4, -0.2) is 28.4 Å². The first kappa shape index (κ1) is 27.2. The highest BCUT2D eigenvalue weighted by atomic mass is 35.5. The molecule has 0 unspecified atom stereocenters. The maximum absolute atomic E-state index is 13.2. The quantitative estimate of drug-likeness (QED) is 0.271. The maximum atomic E-state index is 13.2. The van der Waals surface area contributed by atoms with E-state index in [0.29, 0.717) is 67.4 Å². The van der Waals surface area contributed by atoms with Crippen molar-refractivity contribution in [1.82, 2.24) is 4.90 Å². The van der Waals surface area contributed by atoms with Crippen molar-refractivity contribution in [2.45, 2.75) is 50.6 Å². The molecule has 5 rings (SSSR count). The third-order valence-electron chi connectivity index (χ3n) is 7.29. The molecule has 1 heterocycles. The second-order valence-electron chi connectivity index (χ2n) is 9.62. The van der Waals surface area contributed by atoms with Gasteiger partial charge < -0.3 is 9.64 Å². The zero-order valence-corrected chi connectivity index (χ0v) is 22.0. The molecule has 0 atom stereocenters. The van der Waals surface area contributed by atoms with Gasteiger partial charge in [-0.05, 0) is 55.5 Å². The molecule has 0 radical (unpaired) electrons. The van der Waals surface area contributed by atoms with Gasteiger partial charge in [0.2, 0.25) is 5.75 Å². The minimum Gasteiger partial charge on any atom is -0.447 e. The lowest BCUT2D eigenvalue weighted by atomic mass is 9.71. The topological polar surface area (TPSA) is 89.8 Å². The molecule has 0 fully saturated rings. The van der Waals surface area contributed by atoms with Crippen molar-refractivity contribution in [1.29, 1.82) is 0 Å². The highest BCUT2D eigenvalue weighted by Gasteiger charge is 2.42. The number of rotatable bonds is 4. The molecule has 2 aliphatic carbocycles. The molecule has 3 aliphatic rings. The third-order valence-corrected chi connectivity index (χ3v) is 7.85. The van der Waals surface area contributed by atoms with Crippen LogP contribution < -0.4 is 4.74 Å². The van der Waals surface area contributed by atoms with Gasteiger partial charge in [0.25, 0.3) is 0 Å². The average molecular weight is 581 g/mol. The molecular formula is C27H21Cl2F3N2O5. The number of alkyl halides is 3. The number of hydrogen-bond donors (Lipinski definition) is 0. The summed E-state index contributed by atoms with van der Waals surface area (Å²) in [6.07, 6.45) is -1.33. The molecule has 204 valence electrons. The molecule has 0 N–H and O–H groups in total. The summed E-state index contributed by atoms with van der Waals surface area (Å²) in [7, 11) is 1.87. The van der Waals surface area contributed by atoms with Crippen LogP contribution in [0.2, 0.25) is 10.0 Å². The first-order chi connectivity index (χ1) is 18.4. The van der Waals surface area contributed by atoms with E-state index in [2.05, 4.69) is 0 Å². The number of nitro benzene ring substituents is 1. The second-order valence-corrected chi connectivity index (χ2v) is 10.4. The number of carbonyl (C=O) groups is 2. The molecule has 0 saturated heterocycles. The maximum Gasteiger partial charge on any atom is 0.416 e. The van der Waals surface area contributed by atoms with Crippen molar-refractivity contribution < 1.29 is 32.4 Å². The van der Waals surface area contributed by atoms with Crippen LogP contribution >= 0.6 is 23.2 Å². The molecule has 0 bridgehead atoms. The van der Waals surface area contributed by atoms with Crippen LogP contribution in [0.1, 0.15) is 55.6 Å². The lowest BCUT2D eigenvalue weighted by molar-refractivity contribution is -0.385. The summed E-state index contributed by atoms with van der Waals surface area (Å²) in [4.78, 5) is 38.8. The largest absolute Gasteiger partial charge is 0.447 e. The smallest absolute Gasteiger partial charge is 0.416 e. The zero-order valence-electron chi connectivity index (χ0n) is 20.5. The minimum absolute atomic E-state index is 0.0639. The Morgan fingerprint density at radius 2 is 1.49 bits per heavy atom. The van der Waals surface area contributed by atoms with Crippen molar-refractivity contribution in [3.63, 3.8) is 0 Å². The first-order valence-electron chi connectivity index (χ1n) is 12.2. The van der Waals surface area contributed by atoms with E-state index in [4.69, 9.17) is 27.9 Å². The van der Waals surface area contributed by atoms with Crippen LogP contribution in [0.4, 0.5) is 18.9 Å². The fourth-order valence-electron chi connectivity index (χ4n) is 5.56. The predicted molar refractivity (Wildman–Crippen MR) is 137 cm³/mol. The molecule has 2 aromatic rings. The lowest BCUT2D eigenvalue weighted by Gasteiger charge is -2.42. The minimum atomic E-state index is -4.79. The van der Waals surface area contributed by atoms with Crippen molar-refractivity contribution in [2.24, 2.45) is 0 Å².